The summed E-state index contributed by atoms with van der Waals surface area (Å²) in [5.74, 6) is 0.274. The number of amides is 1. The first-order valence-electron chi connectivity index (χ1n) is 9.32. The molecule has 1 N–H and O–H groups in total. The average Bonchev–Trinajstić information content (AvgIpc) is 3.43. The Morgan fingerprint density at radius 3 is 2.74 bits per heavy atom. The molecule has 0 radical (unpaired) electrons. The molecule has 2 aromatic carbocycles. The van der Waals surface area contributed by atoms with E-state index in [-0.39, 0.29) is 16.5 Å². The van der Waals surface area contributed by atoms with Crippen LogP contribution in [-0.2, 0) is 14.8 Å². The van der Waals surface area contributed by atoms with Crippen molar-refractivity contribution in [2.75, 3.05) is 26.1 Å². The lowest BCUT2D eigenvalue weighted by Crippen LogP contribution is -2.43. The summed E-state index contributed by atoms with van der Waals surface area (Å²) in [6.07, 6.45) is 0.950. The number of aromatic nitrogens is 2. The summed E-state index contributed by atoms with van der Waals surface area (Å²) >= 11 is 7.12. The van der Waals surface area contributed by atoms with Crippen LogP contribution in [0.2, 0.25) is 5.02 Å². The molecule has 4 rings (SSSR count). The molecular weight excluding hydrogens is 464 g/mol. The fraction of sp³-hybridized carbons (Fsp3) is 0.316. The summed E-state index contributed by atoms with van der Waals surface area (Å²) in [6, 6.07) is 6.98. The van der Waals surface area contributed by atoms with Crippen LogP contribution in [0.15, 0.2) is 35.2 Å². The number of carbonyl (C=O) groups excluding carboxylic acids is 1. The lowest BCUT2D eigenvalue weighted by molar-refractivity contribution is -0.119. The molecule has 0 bridgehead atoms. The minimum atomic E-state index is -3.96. The lowest BCUT2D eigenvalue weighted by atomic mass is 10.2. The first-order chi connectivity index (χ1) is 14.9. The third kappa shape index (κ3) is 3.93. The second kappa shape index (κ2) is 8.58. The van der Waals surface area contributed by atoms with Crippen LogP contribution < -0.4 is 14.8 Å². The minimum Gasteiger partial charge on any atom is -0.495 e. The van der Waals surface area contributed by atoms with Crippen molar-refractivity contribution in [3.63, 3.8) is 0 Å². The average molecular weight is 483 g/mol. The van der Waals surface area contributed by atoms with E-state index in [2.05, 4.69) is 14.1 Å². The molecule has 3 aromatic rings. The van der Waals surface area contributed by atoms with E-state index < -0.39 is 22.0 Å². The number of ether oxygens (including phenoxy) is 2. The molecule has 1 saturated heterocycles. The van der Waals surface area contributed by atoms with Gasteiger partial charge < -0.3 is 14.8 Å². The van der Waals surface area contributed by atoms with Gasteiger partial charge in [-0.3, -0.25) is 4.79 Å². The van der Waals surface area contributed by atoms with Crippen LogP contribution in [0.5, 0.6) is 11.5 Å². The zero-order valence-corrected chi connectivity index (χ0v) is 19.1. The fourth-order valence-corrected chi connectivity index (χ4v) is 6.23. The van der Waals surface area contributed by atoms with Crippen LogP contribution in [0.1, 0.15) is 12.8 Å². The van der Waals surface area contributed by atoms with Gasteiger partial charge in [0.25, 0.3) is 0 Å². The van der Waals surface area contributed by atoms with E-state index in [1.165, 1.54) is 30.7 Å². The molecule has 1 aliphatic heterocycles. The van der Waals surface area contributed by atoms with Gasteiger partial charge in [0, 0.05) is 12.6 Å². The largest absolute Gasteiger partial charge is 0.495 e. The predicted molar refractivity (Wildman–Crippen MR) is 118 cm³/mol. The van der Waals surface area contributed by atoms with Gasteiger partial charge in [0.1, 0.15) is 33.5 Å². The van der Waals surface area contributed by atoms with Crippen LogP contribution in [0, 0.1) is 0 Å². The number of carbonyl (C=O) groups is 1. The molecule has 9 nitrogen and oxygen atoms in total. The molecule has 1 atom stereocenters. The van der Waals surface area contributed by atoms with Crippen molar-refractivity contribution in [1.82, 2.24) is 13.1 Å². The van der Waals surface area contributed by atoms with Crippen LogP contribution >= 0.6 is 23.3 Å². The number of fused-ring (bicyclic) bond motifs is 1. The number of anilines is 1. The highest BCUT2D eigenvalue weighted by atomic mass is 35.5. The predicted octanol–water partition coefficient (Wildman–Crippen LogP) is 3.15. The maximum absolute atomic E-state index is 13.4. The number of methoxy groups -OCH3 is 2. The molecule has 1 aromatic heterocycles. The second-order valence-electron chi connectivity index (χ2n) is 6.84. The molecule has 12 heteroatoms. The highest BCUT2D eigenvalue weighted by Gasteiger charge is 2.40. The molecule has 31 heavy (non-hydrogen) atoms. The van der Waals surface area contributed by atoms with Crippen molar-refractivity contribution in [3.05, 3.63) is 35.4 Å². The van der Waals surface area contributed by atoms with Gasteiger partial charge in [0.05, 0.1) is 36.7 Å². The van der Waals surface area contributed by atoms with Gasteiger partial charge in [-0.2, -0.15) is 13.1 Å². The summed E-state index contributed by atoms with van der Waals surface area (Å²) in [5.41, 5.74) is 1.14. The van der Waals surface area contributed by atoms with Crippen molar-refractivity contribution in [2.24, 2.45) is 0 Å². The summed E-state index contributed by atoms with van der Waals surface area (Å²) in [6.45, 7) is 0.231. The van der Waals surface area contributed by atoms with E-state index in [0.717, 1.165) is 11.7 Å². The highest BCUT2D eigenvalue weighted by molar-refractivity contribution is 7.89. The molecule has 1 fully saturated rings. The summed E-state index contributed by atoms with van der Waals surface area (Å²) in [7, 11) is -1.03. The molecule has 164 valence electrons. The van der Waals surface area contributed by atoms with Crippen LogP contribution in [-0.4, -0.2) is 54.2 Å². The Morgan fingerprint density at radius 1 is 1.23 bits per heavy atom. The zero-order chi connectivity index (χ0) is 22.2. The Hall–Kier alpha value is -2.47. The van der Waals surface area contributed by atoms with Gasteiger partial charge >= 0.3 is 0 Å². The molecular formula is C19H19ClN4O5S2. The smallest absolute Gasteiger partial charge is 0.246 e. The Morgan fingerprint density at radius 2 is 2.00 bits per heavy atom. The van der Waals surface area contributed by atoms with Crippen molar-refractivity contribution >= 4 is 56.0 Å². The number of nitrogens with one attached hydrogen (secondary N) is 1. The van der Waals surface area contributed by atoms with Gasteiger partial charge in [-0.25, -0.2) is 8.42 Å². The van der Waals surface area contributed by atoms with E-state index >= 15 is 0 Å². The standard InChI is InChI=1S/C19H19ClN4O5S2/c1-28-15-10-16(29-2)13(9-11(15)20)21-19(25)14-6-4-8-24(14)31(26,27)17-7-3-5-12-18(17)23-30-22-12/h3,5,7,9-10,14H,4,6,8H2,1-2H3,(H,21,25). The van der Waals surface area contributed by atoms with Crippen LogP contribution in [0.4, 0.5) is 5.69 Å². The van der Waals surface area contributed by atoms with Gasteiger partial charge in [-0.05, 0) is 31.0 Å². The molecule has 0 spiro atoms. The van der Waals surface area contributed by atoms with Crippen LogP contribution in [0.25, 0.3) is 11.0 Å². The molecule has 0 saturated carbocycles. The normalized spacial score (nSPS) is 17.1. The lowest BCUT2D eigenvalue weighted by Gasteiger charge is -2.24. The Labute approximate surface area is 188 Å². The van der Waals surface area contributed by atoms with E-state index in [4.69, 9.17) is 21.1 Å². The van der Waals surface area contributed by atoms with E-state index in [0.29, 0.717) is 41.1 Å². The molecule has 1 amide bonds. The van der Waals surface area contributed by atoms with Gasteiger partial charge in [0.15, 0.2) is 0 Å². The maximum Gasteiger partial charge on any atom is 0.246 e. The summed E-state index contributed by atoms with van der Waals surface area (Å²) in [5, 5.41) is 3.03. The highest BCUT2D eigenvalue weighted by Crippen LogP contribution is 2.37. The van der Waals surface area contributed by atoms with Crippen molar-refractivity contribution in [1.29, 1.82) is 0 Å². The van der Waals surface area contributed by atoms with Gasteiger partial charge in [0.2, 0.25) is 15.9 Å². The number of rotatable bonds is 6. The molecule has 0 aliphatic carbocycles. The summed E-state index contributed by atoms with van der Waals surface area (Å²) in [4.78, 5) is 13.1. The number of sulfonamides is 1. The third-order valence-corrected chi connectivity index (χ3v) is 7.85. The zero-order valence-electron chi connectivity index (χ0n) is 16.7. The monoisotopic (exact) mass is 482 g/mol. The number of benzene rings is 2. The third-order valence-electron chi connectivity index (χ3n) is 5.07. The Balaban J connectivity index is 1.64. The molecule has 2 heterocycles. The minimum absolute atomic E-state index is 0.0449. The van der Waals surface area contributed by atoms with Crippen LogP contribution in [0.3, 0.4) is 0 Å². The quantitative estimate of drug-likeness (QED) is 0.574. The SMILES string of the molecule is COc1cc(OC)c(NC(=O)C2CCCN2S(=O)(=O)c2cccc3nsnc23)cc1Cl. The summed E-state index contributed by atoms with van der Waals surface area (Å²) < 4.78 is 46.7. The number of halogens is 1. The molecule has 1 aliphatic rings. The second-order valence-corrected chi connectivity index (χ2v) is 9.63. The van der Waals surface area contributed by atoms with Gasteiger partial charge in [-0.1, -0.05) is 17.7 Å². The molecule has 1 unspecified atom stereocenters. The Kier molecular flexibility index (Phi) is 6.02. The number of hydrogen-bond acceptors (Lipinski definition) is 8. The van der Waals surface area contributed by atoms with E-state index in [1.807, 2.05) is 0 Å². The number of hydrogen-bond donors (Lipinski definition) is 1. The topological polar surface area (TPSA) is 111 Å². The fourth-order valence-electron chi connectivity index (χ4n) is 3.58. The number of nitrogens with zero attached hydrogens (tertiary/aromatic N) is 3. The van der Waals surface area contributed by atoms with Crippen molar-refractivity contribution in [3.8, 4) is 11.5 Å². The Bertz CT molecular complexity index is 1250. The van der Waals surface area contributed by atoms with Crippen molar-refractivity contribution in [2.45, 2.75) is 23.8 Å². The van der Waals surface area contributed by atoms with Crippen molar-refractivity contribution < 1.29 is 22.7 Å². The van der Waals surface area contributed by atoms with E-state index in [9.17, 15) is 13.2 Å². The first-order valence-corrected chi connectivity index (χ1v) is 11.9. The maximum atomic E-state index is 13.4. The first kappa shape index (κ1) is 21.8. The van der Waals surface area contributed by atoms with E-state index in [1.54, 1.807) is 18.2 Å². The van der Waals surface area contributed by atoms with Gasteiger partial charge in [-0.15, -0.1) is 0 Å².